The number of carboxylic acid groups (broad SMARTS) is 1. The first-order valence-electron chi connectivity index (χ1n) is 5.97. The highest BCUT2D eigenvalue weighted by Gasteiger charge is 2.25. The zero-order chi connectivity index (χ0) is 14.3. The fraction of sp³-hybridized carbons (Fsp3) is 0.750. The van der Waals surface area contributed by atoms with Crippen molar-refractivity contribution in [3.05, 3.63) is 0 Å². The molecule has 6 heteroatoms. The summed E-state index contributed by atoms with van der Waals surface area (Å²) in [5.41, 5.74) is 0. The van der Waals surface area contributed by atoms with Crippen molar-refractivity contribution >= 4 is 12.0 Å². The van der Waals surface area contributed by atoms with Crippen molar-refractivity contribution in [2.75, 3.05) is 13.6 Å². The van der Waals surface area contributed by atoms with Gasteiger partial charge in [0.25, 0.3) is 0 Å². The van der Waals surface area contributed by atoms with Gasteiger partial charge >= 0.3 is 12.0 Å². The first-order valence-corrected chi connectivity index (χ1v) is 5.97. The summed E-state index contributed by atoms with van der Waals surface area (Å²) in [6.45, 7) is 5.74. The lowest BCUT2D eigenvalue weighted by atomic mass is 10.2. The van der Waals surface area contributed by atoms with Gasteiger partial charge in [0.05, 0.1) is 18.9 Å². The van der Waals surface area contributed by atoms with Gasteiger partial charge in [-0.25, -0.2) is 4.79 Å². The van der Waals surface area contributed by atoms with Gasteiger partial charge in [0, 0.05) is 25.7 Å². The van der Waals surface area contributed by atoms with Crippen LogP contribution in [0.5, 0.6) is 0 Å². The van der Waals surface area contributed by atoms with Gasteiger partial charge in [0.1, 0.15) is 0 Å². The summed E-state index contributed by atoms with van der Waals surface area (Å²) in [6.07, 6.45) is 0.174. The second-order valence-corrected chi connectivity index (χ2v) is 4.34. The topological polar surface area (TPSA) is 84.6 Å². The van der Waals surface area contributed by atoms with Gasteiger partial charge in [-0.1, -0.05) is 0 Å². The normalized spacial score (nSPS) is 13.3. The number of carbonyl (C=O) groups excluding carboxylic acids is 1. The molecule has 0 aromatic heterocycles. The lowest BCUT2D eigenvalue weighted by molar-refractivity contribution is -0.138. The molecule has 0 saturated carbocycles. The Labute approximate surface area is 108 Å². The fourth-order valence-corrected chi connectivity index (χ4v) is 1.66. The zero-order valence-corrected chi connectivity index (χ0v) is 11.4. The van der Waals surface area contributed by atoms with Crippen molar-refractivity contribution in [3.8, 4) is 6.07 Å². The first kappa shape index (κ1) is 16.2. The molecule has 0 aliphatic rings. The Morgan fingerprint density at radius 3 is 2.28 bits per heavy atom. The van der Waals surface area contributed by atoms with Gasteiger partial charge in [0.2, 0.25) is 0 Å². The molecule has 0 aromatic rings. The molecular weight excluding hydrogens is 234 g/mol. The van der Waals surface area contributed by atoms with Gasteiger partial charge in [0.15, 0.2) is 0 Å². The minimum absolute atomic E-state index is 0.0833. The van der Waals surface area contributed by atoms with E-state index < -0.39 is 5.97 Å². The third-order valence-electron chi connectivity index (χ3n) is 2.94. The van der Waals surface area contributed by atoms with Gasteiger partial charge in [-0.15, -0.1) is 0 Å². The van der Waals surface area contributed by atoms with Gasteiger partial charge in [-0.05, 0) is 20.8 Å². The van der Waals surface area contributed by atoms with Crippen LogP contribution in [0.25, 0.3) is 0 Å². The van der Waals surface area contributed by atoms with Gasteiger partial charge in [-0.3, -0.25) is 4.79 Å². The number of nitrogens with zero attached hydrogens (tertiary/aromatic N) is 3. The number of nitriles is 1. The number of rotatable bonds is 6. The standard InChI is InChI=1S/C12H21N3O3/c1-5-15(10(3)8-11(16)17)12(18)14(4)9(2)6-7-13/h9-10H,5-6,8H2,1-4H3,(H,16,17). The van der Waals surface area contributed by atoms with E-state index in [2.05, 4.69) is 0 Å². The number of hydrogen-bond donors (Lipinski definition) is 1. The first-order chi connectivity index (χ1) is 8.34. The Morgan fingerprint density at radius 1 is 1.33 bits per heavy atom. The average molecular weight is 255 g/mol. The lowest BCUT2D eigenvalue weighted by Crippen LogP contribution is -2.49. The van der Waals surface area contributed by atoms with Crippen LogP contribution in [-0.4, -0.2) is 52.6 Å². The molecule has 0 bridgehead atoms. The third-order valence-corrected chi connectivity index (χ3v) is 2.94. The van der Waals surface area contributed by atoms with Crippen molar-refractivity contribution in [1.82, 2.24) is 9.80 Å². The predicted octanol–water partition coefficient (Wildman–Crippen LogP) is 1.53. The van der Waals surface area contributed by atoms with Crippen LogP contribution in [-0.2, 0) is 4.79 Å². The summed E-state index contributed by atoms with van der Waals surface area (Å²) >= 11 is 0. The smallest absolute Gasteiger partial charge is 0.320 e. The van der Waals surface area contributed by atoms with Gasteiger partial charge < -0.3 is 14.9 Å². The quantitative estimate of drug-likeness (QED) is 0.780. The van der Waals surface area contributed by atoms with E-state index in [1.165, 1.54) is 9.80 Å². The molecule has 0 rings (SSSR count). The summed E-state index contributed by atoms with van der Waals surface area (Å²) in [7, 11) is 1.63. The summed E-state index contributed by atoms with van der Waals surface area (Å²) in [4.78, 5) is 25.8. The monoisotopic (exact) mass is 255 g/mol. The van der Waals surface area contributed by atoms with E-state index in [-0.39, 0.29) is 31.0 Å². The highest BCUT2D eigenvalue weighted by molar-refractivity contribution is 5.76. The van der Waals surface area contributed by atoms with Crippen LogP contribution >= 0.6 is 0 Å². The molecule has 6 nitrogen and oxygen atoms in total. The van der Waals surface area contributed by atoms with Crippen molar-refractivity contribution in [2.45, 2.75) is 45.7 Å². The minimum Gasteiger partial charge on any atom is -0.481 e. The van der Waals surface area contributed by atoms with E-state index in [0.717, 1.165) is 0 Å². The maximum Gasteiger partial charge on any atom is 0.320 e. The Kier molecular flexibility index (Phi) is 6.79. The summed E-state index contributed by atoms with van der Waals surface area (Å²) in [5.74, 6) is -0.929. The Morgan fingerprint density at radius 2 is 1.89 bits per heavy atom. The van der Waals surface area contributed by atoms with Crippen LogP contribution in [0, 0.1) is 11.3 Å². The molecule has 1 N–H and O–H groups in total. The van der Waals surface area contributed by atoms with Crippen LogP contribution in [0.2, 0.25) is 0 Å². The van der Waals surface area contributed by atoms with Crippen LogP contribution in [0.4, 0.5) is 4.79 Å². The summed E-state index contributed by atoms with van der Waals surface area (Å²) in [6, 6.07) is 1.22. The van der Waals surface area contributed by atoms with E-state index >= 15 is 0 Å². The number of carboxylic acids is 1. The summed E-state index contributed by atoms with van der Waals surface area (Å²) < 4.78 is 0. The number of carbonyl (C=O) groups is 2. The summed E-state index contributed by atoms with van der Waals surface area (Å²) in [5, 5.41) is 17.4. The molecule has 0 saturated heterocycles. The van der Waals surface area contributed by atoms with Crippen LogP contribution in [0.1, 0.15) is 33.6 Å². The fourth-order valence-electron chi connectivity index (χ4n) is 1.66. The molecule has 18 heavy (non-hydrogen) atoms. The molecule has 0 heterocycles. The van der Waals surface area contributed by atoms with E-state index in [9.17, 15) is 9.59 Å². The predicted molar refractivity (Wildman–Crippen MR) is 66.9 cm³/mol. The molecule has 2 atom stereocenters. The number of amides is 2. The maximum absolute atomic E-state index is 12.2. The molecule has 0 radical (unpaired) electrons. The minimum atomic E-state index is -0.929. The second-order valence-electron chi connectivity index (χ2n) is 4.34. The van der Waals surface area contributed by atoms with Crippen LogP contribution in [0.15, 0.2) is 0 Å². The third kappa shape index (κ3) is 4.62. The van der Waals surface area contributed by atoms with E-state index in [4.69, 9.17) is 10.4 Å². The number of hydrogen-bond acceptors (Lipinski definition) is 3. The molecule has 102 valence electrons. The zero-order valence-electron chi connectivity index (χ0n) is 11.4. The highest BCUT2D eigenvalue weighted by Crippen LogP contribution is 2.10. The molecule has 2 unspecified atom stereocenters. The van der Waals surface area contributed by atoms with E-state index in [0.29, 0.717) is 6.54 Å². The largest absolute Gasteiger partial charge is 0.481 e. The lowest BCUT2D eigenvalue weighted by Gasteiger charge is -2.33. The molecule has 0 aliphatic carbocycles. The van der Waals surface area contributed by atoms with E-state index in [1.807, 2.05) is 6.07 Å². The maximum atomic E-state index is 12.2. The SMILES string of the molecule is CCN(C(=O)N(C)C(C)CC#N)C(C)CC(=O)O. The molecule has 0 aromatic carbocycles. The van der Waals surface area contributed by atoms with Crippen molar-refractivity contribution in [2.24, 2.45) is 0 Å². The van der Waals surface area contributed by atoms with Crippen LogP contribution in [0.3, 0.4) is 0 Å². The number of aliphatic carboxylic acids is 1. The Bertz CT molecular complexity index is 338. The van der Waals surface area contributed by atoms with Crippen molar-refractivity contribution in [1.29, 1.82) is 5.26 Å². The van der Waals surface area contributed by atoms with Crippen molar-refractivity contribution in [3.63, 3.8) is 0 Å². The molecule has 0 fully saturated rings. The highest BCUT2D eigenvalue weighted by atomic mass is 16.4. The Balaban J connectivity index is 4.70. The van der Waals surface area contributed by atoms with E-state index in [1.54, 1.807) is 27.8 Å². The molecule has 0 aliphatic heterocycles. The second kappa shape index (κ2) is 7.54. The molecule has 2 amide bonds. The van der Waals surface area contributed by atoms with Crippen LogP contribution < -0.4 is 0 Å². The average Bonchev–Trinajstić information content (AvgIpc) is 2.28. The molecule has 0 spiro atoms. The Hall–Kier alpha value is -1.77. The van der Waals surface area contributed by atoms with Crippen molar-refractivity contribution < 1.29 is 14.7 Å². The number of urea groups is 1. The van der Waals surface area contributed by atoms with Gasteiger partial charge in [-0.2, -0.15) is 5.26 Å². The molecular formula is C12H21N3O3.